The van der Waals surface area contributed by atoms with Crippen LogP contribution < -0.4 is 21.5 Å². The number of nitrogens with zero attached hydrogens (tertiary/aromatic N) is 1. The first-order valence-electron chi connectivity index (χ1n) is 8.43. The Bertz CT molecular complexity index is 881. The van der Waals surface area contributed by atoms with Crippen molar-refractivity contribution in [2.24, 2.45) is 0 Å². The fourth-order valence-corrected chi connectivity index (χ4v) is 2.29. The number of nitrogen functional groups attached to an aromatic ring is 2. The van der Waals surface area contributed by atoms with Crippen LogP contribution >= 0.6 is 0 Å². The topological polar surface area (TPSA) is 140 Å². The van der Waals surface area contributed by atoms with Crippen molar-refractivity contribution in [3.63, 3.8) is 0 Å². The molecule has 0 aliphatic carbocycles. The fourth-order valence-electron chi connectivity index (χ4n) is 2.29. The Morgan fingerprint density at radius 2 is 1.79 bits per heavy atom. The molecule has 0 fully saturated rings. The quantitative estimate of drug-likeness (QED) is 0.210. The molecule has 0 saturated carbocycles. The summed E-state index contributed by atoms with van der Waals surface area (Å²) in [6, 6.07) is 11.4. The maximum Gasteiger partial charge on any atom is 0.330 e. The van der Waals surface area contributed by atoms with Crippen LogP contribution in [-0.2, 0) is 14.3 Å². The highest BCUT2D eigenvalue weighted by atomic mass is 16.5. The van der Waals surface area contributed by atoms with Gasteiger partial charge in [0, 0.05) is 29.6 Å². The molecule has 2 rings (SSSR count). The summed E-state index contributed by atoms with van der Waals surface area (Å²) in [4.78, 5) is 23.6. The van der Waals surface area contributed by atoms with Crippen LogP contribution in [0.25, 0.3) is 6.08 Å². The van der Waals surface area contributed by atoms with Crippen molar-refractivity contribution in [1.29, 1.82) is 5.26 Å². The van der Waals surface area contributed by atoms with Crippen LogP contribution in [0.2, 0.25) is 0 Å². The molecule has 0 radical (unpaired) electrons. The molecule has 2 aromatic rings. The first-order chi connectivity index (χ1) is 13.5. The van der Waals surface area contributed by atoms with E-state index >= 15 is 0 Å². The van der Waals surface area contributed by atoms with E-state index in [2.05, 4.69) is 10.1 Å². The molecule has 0 saturated heterocycles. The average Bonchev–Trinajstić information content (AvgIpc) is 2.64. The SMILES string of the molecule is N#COc1ccc(/C=C/C(=O)OCCCC(=O)Nc2cc(N)cc(N)c2)cc1. The summed E-state index contributed by atoms with van der Waals surface area (Å²) in [7, 11) is 0. The van der Waals surface area contributed by atoms with Gasteiger partial charge in [-0.15, -0.1) is 5.26 Å². The zero-order valence-electron chi connectivity index (χ0n) is 15.1. The lowest BCUT2D eigenvalue weighted by atomic mass is 10.2. The van der Waals surface area contributed by atoms with E-state index < -0.39 is 5.97 Å². The standard InChI is InChI=1S/C20H20N4O4/c21-13-28-18-6-3-14(4-7-18)5-8-20(26)27-9-1-2-19(25)24-17-11-15(22)10-16(23)12-17/h3-8,10-12H,1-2,9,22-23H2,(H,24,25)/b8-5+. The number of hydrogen-bond acceptors (Lipinski definition) is 7. The number of esters is 1. The van der Waals surface area contributed by atoms with Gasteiger partial charge in [-0.2, -0.15) is 0 Å². The number of benzene rings is 2. The number of amides is 1. The lowest BCUT2D eigenvalue weighted by Gasteiger charge is -2.07. The molecule has 144 valence electrons. The van der Waals surface area contributed by atoms with E-state index in [4.69, 9.17) is 21.5 Å². The minimum atomic E-state index is -0.513. The zero-order chi connectivity index (χ0) is 20.4. The van der Waals surface area contributed by atoms with Gasteiger partial charge in [-0.1, -0.05) is 12.1 Å². The van der Waals surface area contributed by atoms with Crippen LogP contribution in [0.1, 0.15) is 18.4 Å². The number of hydrogen-bond donors (Lipinski definition) is 3. The largest absolute Gasteiger partial charge is 0.463 e. The Morgan fingerprint density at radius 3 is 2.43 bits per heavy atom. The first kappa shape index (κ1) is 20.3. The molecule has 5 N–H and O–H groups in total. The minimum absolute atomic E-state index is 0.116. The van der Waals surface area contributed by atoms with E-state index in [1.54, 1.807) is 54.8 Å². The summed E-state index contributed by atoms with van der Waals surface area (Å²) >= 11 is 0. The van der Waals surface area contributed by atoms with Gasteiger partial charge in [0.25, 0.3) is 6.26 Å². The van der Waals surface area contributed by atoms with Gasteiger partial charge in [0.1, 0.15) is 5.75 Å². The van der Waals surface area contributed by atoms with Crippen molar-refractivity contribution in [1.82, 2.24) is 0 Å². The van der Waals surface area contributed by atoms with Crippen LogP contribution in [0.15, 0.2) is 48.5 Å². The van der Waals surface area contributed by atoms with Crippen LogP contribution in [-0.4, -0.2) is 18.5 Å². The van der Waals surface area contributed by atoms with Crippen LogP contribution in [0.4, 0.5) is 17.1 Å². The number of carbonyl (C=O) groups is 2. The van der Waals surface area contributed by atoms with Gasteiger partial charge in [0.15, 0.2) is 0 Å². The van der Waals surface area contributed by atoms with Crippen molar-refractivity contribution in [2.45, 2.75) is 12.8 Å². The summed E-state index contributed by atoms with van der Waals surface area (Å²) in [6.45, 7) is 0.116. The van der Waals surface area contributed by atoms with E-state index in [0.29, 0.717) is 29.2 Å². The predicted octanol–water partition coefficient (Wildman–Crippen LogP) is 2.69. The summed E-state index contributed by atoms with van der Waals surface area (Å²) in [6.07, 6.45) is 5.01. The zero-order valence-corrected chi connectivity index (χ0v) is 15.1. The lowest BCUT2D eigenvalue weighted by Crippen LogP contribution is -2.13. The van der Waals surface area contributed by atoms with Gasteiger partial charge in [-0.25, -0.2) is 4.79 Å². The molecule has 1 amide bonds. The van der Waals surface area contributed by atoms with Gasteiger partial charge >= 0.3 is 5.97 Å². The van der Waals surface area contributed by atoms with Gasteiger partial charge in [-0.3, -0.25) is 4.79 Å². The Morgan fingerprint density at radius 1 is 1.11 bits per heavy atom. The average molecular weight is 380 g/mol. The molecular weight excluding hydrogens is 360 g/mol. The third-order valence-electron chi connectivity index (χ3n) is 3.51. The molecule has 0 heterocycles. The second-order valence-corrected chi connectivity index (χ2v) is 5.80. The van der Waals surface area contributed by atoms with Crippen LogP contribution in [0, 0.1) is 11.5 Å². The van der Waals surface area contributed by atoms with E-state index in [9.17, 15) is 9.59 Å². The normalized spacial score (nSPS) is 10.2. The molecule has 0 unspecified atom stereocenters. The molecule has 8 nitrogen and oxygen atoms in total. The van der Waals surface area contributed by atoms with Gasteiger partial charge in [-0.05, 0) is 48.4 Å². The van der Waals surface area contributed by atoms with Gasteiger partial charge in [0.05, 0.1) is 6.61 Å². The molecule has 0 bridgehead atoms. The molecule has 0 aromatic heterocycles. The summed E-state index contributed by atoms with van der Waals surface area (Å²) in [5.41, 5.74) is 13.5. The Balaban J connectivity index is 1.68. The monoisotopic (exact) mass is 380 g/mol. The number of rotatable bonds is 8. The molecule has 28 heavy (non-hydrogen) atoms. The number of nitriles is 1. The smallest absolute Gasteiger partial charge is 0.330 e. The van der Waals surface area contributed by atoms with E-state index in [-0.39, 0.29) is 18.9 Å². The highest BCUT2D eigenvalue weighted by molar-refractivity contribution is 5.92. The van der Waals surface area contributed by atoms with E-state index in [0.717, 1.165) is 5.56 Å². The van der Waals surface area contributed by atoms with E-state index in [1.807, 2.05) is 0 Å². The van der Waals surface area contributed by atoms with E-state index in [1.165, 1.54) is 6.08 Å². The Labute approximate surface area is 162 Å². The Kier molecular flexibility index (Phi) is 7.43. The second kappa shape index (κ2) is 10.2. The van der Waals surface area contributed by atoms with Crippen molar-refractivity contribution in [3.8, 4) is 12.0 Å². The second-order valence-electron chi connectivity index (χ2n) is 5.80. The first-order valence-corrected chi connectivity index (χ1v) is 8.43. The maximum absolute atomic E-state index is 11.9. The number of nitrogens with one attached hydrogen (secondary N) is 1. The molecule has 8 heteroatoms. The van der Waals surface area contributed by atoms with Crippen molar-refractivity contribution >= 4 is 35.0 Å². The van der Waals surface area contributed by atoms with Crippen LogP contribution in [0.3, 0.4) is 0 Å². The van der Waals surface area contributed by atoms with Crippen LogP contribution in [0.5, 0.6) is 5.75 Å². The molecule has 0 spiro atoms. The number of anilines is 3. The number of ether oxygens (including phenoxy) is 2. The molecular formula is C20H20N4O4. The minimum Gasteiger partial charge on any atom is -0.463 e. The van der Waals surface area contributed by atoms with Gasteiger partial charge in [0.2, 0.25) is 5.91 Å². The highest BCUT2D eigenvalue weighted by Crippen LogP contribution is 2.18. The van der Waals surface area contributed by atoms with Crippen molar-refractivity contribution in [2.75, 3.05) is 23.4 Å². The maximum atomic E-state index is 11.9. The molecule has 2 aromatic carbocycles. The lowest BCUT2D eigenvalue weighted by molar-refractivity contribution is -0.138. The van der Waals surface area contributed by atoms with Crippen molar-refractivity contribution in [3.05, 3.63) is 54.1 Å². The highest BCUT2D eigenvalue weighted by Gasteiger charge is 2.05. The summed E-state index contributed by atoms with van der Waals surface area (Å²) < 4.78 is 9.72. The molecule has 0 atom stereocenters. The summed E-state index contributed by atoms with van der Waals surface area (Å²) in [5.74, 6) is -0.320. The fraction of sp³-hybridized carbons (Fsp3) is 0.150. The number of nitrogens with two attached hydrogens (primary N) is 2. The van der Waals surface area contributed by atoms with Crippen molar-refractivity contribution < 1.29 is 19.1 Å². The molecule has 0 aliphatic heterocycles. The third-order valence-corrected chi connectivity index (χ3v) is 3.51. The Hall–Kier alpha value is -3.99. The third kappa shape index (κ3) is 7.09. The van der Waals surface area contributed by atoms with Gasteiger partial charge < -0.3 is 26.3 Å². The predicted molar refractivity (Wildman–Crippen MR) is 106 cm³/mol. The number of carbonyl (C=O) groups excluding carboxylic acids is 2. The summed E-state index contributed by atoms with van der Waals surface area (Å²) in [5, 5.41) is 11.1. The molecule has 0 aliphatic rings.